The molecule has 1 heterocycles. The smallest absolute Gasteiger partial charge is 0.264 e. The molecule has 2 aromatic carbocycles. The monoisotopic (exact) mass is 411 g/mol. The lowest BCUT2D eigenvalue weighted by Gasteiger charge is -2.22. The molecule has 1 aliphatic rings. The minimum atomic E-state index is -0.280. The Hall–Kier alpha value is -2.60. The summed E-state index contributed by atoms with van der Waals surface area (Å²) in [5.41, 5.74) is 4.20. The number of carbonyl (C=O) groups excluding carboxylic acids is 1. The standard InChI is InChI=1S/C23H29N3O2S/c1-16(2)18-11-10-17(3)14-21(18)28-15-22(27)25-23(29)24-19-8-4-5-9-20(19)26-12-6-7-13-26/h4-5,8-11,14,16H,6-7,12-13,15H2,1-3H3,(H2,24,25,27,29). The van der Waals surface area contributed by atoms with Gasteiger partial charge in [0.05, 0.1) is 11.4 Å². The maximum atomic E-state index is 12.4. The van der Waals surface area contributed by atoms with Crippen molar-refractivity contribution >= 4 is 34.6 Å². The first kappa shape index (κ1) is 21.1. The van der Waals surface area contributed by atoms with Gasteiger partial charge in [-0.05, 0) is 67.2 Å². The summed E-state index contributed by atoms with van der Waals surface area (Å²) in [5.74, 6) is 0.782. The first-order valence-electron chi connectivity index (χ1n) is 10.1. The summed E-state index contributed by atoms with van der Waals surface area (Å²) in [5, 5.41) is 6.15. The van der Waals surface area contributed by atoms with Gasteiger partial charge < -0.3 is 15.0 Å². The van der Waals surface area contributed by atoms with Crippen molar-refractivity contribution in [1.29, 1.82) is 0 Å². The molecule has 154 valence electrons. The van der Waals surface area contributed by atoms with E-state index in [0.717, 1.165) is 41.3 Å². The molecule has 1 fully saturated rings. The van der Waals surface area contributed by atoms with Crippen LogP contribution in [0.4, 0.5) is 11.4 Å². The number of para-hydroxylation sites is 2. The Labute approximate surface area is 178 Å². The molecule has 0 bridgehead atoms. The van der Waals surface area contributed by atoms with E-state index in [1.54, 1.807) is 0 Å². The summed E-state index contributed by atoms with van der Waals surface area (Å²) in [6, 6.07) is 14.1. The topological polar surface area (TPSA) is 53.6 Å². The van der Waals surface area contributed by atoms with Gasteiger partial charge in [0.15, 0.2) is 11.7 Å². The maximum Gasteiger partial charge on any atom is 0.264 e. The Balaban J connectivity index is 1.57. The van der Waals surface area contributed by atoms with Crippen molar-refractivity contribution in [2.45, 2.75) is 39.5 Å². The van der Waals surface area contributed by atoms with Crippen LogP contribution in [0, 0.1) is 6.92 Å². The van der Waals surface area contributed by atoms with E-state index < -0.39 is 0 Å². The predicted molar refractivity (Wildman–Crippen MR) is 123 cm³/mol. The lowest BCUT2D eigenvalue weighted by molar-refractivity contribution is -0.121. The van der Waals surface area contributed by atoms with Crippen LogP contribution in [-0.2, 0) is 4.79 Å². The second-order valence-electron chi connectivity index (χ2n) is 7.70. The van der Waals surface area contributed by atoms with Gasteiger partial charge in [0.25, 0.3) is 5.91 Å². The molecule has 5 nitrogen and oxygen atoms in total. The number of hydrogen-bond acceptors (Lipinski definition) is 4. The van der Waals surface area contributed by atoms with Crippen molar-refractivity contribution in [3.63, 3.8) is 0 Å². The molecule has 2 aromatic rings. The van der Waals surface area contributed by atoms with E-state index in [0.29, 0.717) is 5.92 Å². The molecular weight excluding hydrogens is 382 g/mol. The highest BCUT2D eigenvalue weighted by molar-refractivity contribution is 7.80. The molecule has 3 rings (SSSR count). The van der Waals surface area contributed by atoms with Gasteiger partial charge in [-0.1, -0.05) is 38.1 Å². The molecule has 29 heavy (non-hydrogen) atoms. The molecule has 0 spiro atoms. The van der Waals surface area contributed by atoms with Gasteiger partial charge in [0.2, 0.25) is 0 Å². The fourth-order valence-electron chi connectivity index (χ4n) is 3.52. The zero-order chi connectivity index (χ0) is 20.8. The number of rotatable bonds is 6. The van der Waals surface area contributed by atoms with Crippen molar-refractivity contribution in [2.24, 2.45) is 0 Å². The van der Waals surface area contributed by atoms with E-state index >= 15 is 0 Å². The maximum absolute atomic E-state index is 12.4. The average molecular weight is 412 g/mol. The number of ether oxygens (including phenoxy) is 1. The third kappa shape index (κ3) is 5.70. The molecule has 2 N–H and O–H groups in total. The molecule has 0 unspecified atom stereocenters. The van der Waals surface area contributed by atoms with E-state index in [1.165, 1.54) is 12.8 Å². The normalized spacial score (nSPS) is 13.4. The van der Waals surface area contributed by atoms with Gasteiger partial charge in [0.1, 0.15) is 5.75 Å². The van der Waals surface area contributed by atoms with Crippen molar-refractivity contribution < 1.29 is 9.53 Å². The van der Waals surface area contributed by atoms with Gasteiger partial charge in [-0.3, -0.25) is 10.1 Å². The van der Waals surface area contributed by atoms with E-state index in [9.17, 15) is 4.79 Å². The van der Waals surface area contributed by atoms with Crippen LogP contribution in [0.1, 0.15) is 43.7 Å². The number of hydrogen-bond donors (Lipinski definition) is 2. The van der Waals surface area contributed by atoms with Crippen molar-refractivity contribution in [2.75, 3.05) is 29.9 Å². The van der Waals surface area contributed by atoms with Gasteiger partial charge in [-0.2, -0.15) is 0 Å². The highest BCUT2D eigenvalue weighted by atomic mass is 32.1. The first-order chi connectivity index (χ1) is 13.9. The molecule has 0 atom stereocenters. The van der Waals surface area contributed by atoms with Gasteiger partial charge >= 0.3 is 0 Å². The lowest BCUT2D eigenvalue weighted by atomic mass is 10.0. The van der Waals surface area contributed by atoms with Crippen LogP contribution in [-0.4, -0.2) is 30.7 Å². The van der Waals surface area contributed by atoms with Crippen LogP contribution in [0.2, 0.25) is 0 Å². The van der Waals surface area contributed by atoms with Gasteiger partial charge in [0, 0.05) is 13.1 Å². The van der Waals surface area contributed by atoms with Gasteiger partial charge in [-0.15, -0.1) is 0 Å². The van der Waals surface area contributed by atoms with Crippen LogP contribution in [0.5, 0.6) is 5.75 Å². The number of nitrogens with one attached hydrogen (secondary N) is 2. The van der Waals surface area contributed by atoms with Crippen molar-refractivity contribution in [3.8, 4) is 5.75 Å². The van der Waals surface area contributed by atoms with E-state index in [1.807, 2.05) is 31.2 Å². The van der Waals surface area contributed by atoms with E-state index in [4.69, 9.17) is 17.0 Å². The van der Waals surface area contributed by atoms with E-state index in [2.05, 4.69) is 47.6 Å². The molecule has 1 amide bonds. The zero-order valence-electron chi connectivity index (χ0n) is 17.3. The Morgan fingerprint density at radius 1 is 1.17 bits per heavy atom. The molecule has 1 aliphatic heterocycles. The third-order valence-electron chi connectivity index (χ3n) is 5.00. The molecule has 6 heteroatoms. The van der Waals surface area contributed by atoms with Crippen LogP contribution >= 0.6 is 12.2 Å². The number of anilines is 2. The summed E-state index contributed by atoms with van der Waals surface area (Å²) < 4.78 is 5.79. The SMILES string of the molecule is Cc1ccc(C(C)C)c(OCC(=O)NC(=S)Nc2ccccc2N2CCCC2)c1. The summed E-state index contributed by atoms with van der Waals surface area (Å²) >= 11 is 5.35. The molecule has 0 aromatic heterocycles. The van der Waals surface area contributed by atoms with Crippen LogP contribution in [0.25, 0.3) is 0 Å². The lowest BCUT2D eigenvalue weighted by Crippen LogP contribution is -2.37. The minimum Gasteiger partial charge on any atom is -0.483 e. The first-order valence-corrected chi connectivity index (χ1v) is 10.5. The number of nitrogens with zero attached hydrogens (tertiary/aromatic N) is 1. The number of amides is 1. The Bertz CT molecular complexity index is 876. The second-order valence-corrected chi connectivity index (χ2v) is 8.11. The summed E-state index contributed by atoms with van der Waals surface area (Å²) in [6.07, 6.45) is 2.40. The number of benzene rings is 2. The van der Waals surface area contributed by atoms with Crippen LogP contribution in [0.15, 0.2) is 42.5 Å². The molecule has 0 aliphatic carbocycles. The molecular formula is C23H29N3O2S. The fraction of sp³-hybridized carbons (Fsp3) is 0.391. The number of thiocarbonyl (C=S) groups is 1. The highest BCUT2D eigenvalue weighted by Crippen LogP contribution is 2.29. The number of carbonyl (C=O) groups is 1. The fourth-order valence-corrected chi connectivity index (χ4v) is 3.74. The summed E-state index contributed by atoms with van der Waals surface area (Å²) in [4.78, 5) is 14.7. The number of aryl methyl sites for hydroxylation is 1. The van der Waals surface area contributed by atoms with Crippen LogP contribution < -0.4 is 20.3 Å². The van der Waals surface area contributed by atoms with Crippen molar-refractivity contribution in [1.82, 2.24) is 5.32 Å². The largest absolute Gasteiger partial charge is 0.483 e. The predicted octanol–water partition coefficient (Wildman–Crippen LogP) is 4.61. The molecule has 0 radical (unpaired) electrons. The van der Waals surface area contributed by atoms with Gasteiger partial charge in [-0.25, -0.2) is 0 Å². The average Bonchev–Trinajstić information content (AvgIpc) is 3.21. The van der Waals surface area contributed by atoms with E-state index in [-0.39, 0.29) is 17.6 Å². The Morgan fingerprint density at radius 2 is 1.90 bits per heavy atom. The zero-order valence-corrected chi connectivity index (χ0v) is 18.1. The highest BCUT2D eigenvalue weighted by Gasteiger charge is 2.16. The Morgan fingerprint density at radius 3 is 2.62 bits per heavy atom. The quantitative estimate of drug-likeness (QED) is 0.680. The summed E-state index contributed by atoms with van der Waals surface area (Å²) in [7, 11) is 0. The Kier molecular flexibility index (Phi) is 7.09. The van der Waals surface area contributed by atoms with Crippen molar-refractivity contribution in [3.05, 3.63) is 53.6 Å². The third-order valence-corrected chi connectivity index (χ3v) is 5.21. The second kappa shape index (κ2) is 9.74. The summed E-state index contributed by atoms with van der Waals surface area (Å²) in [6.45, 7) is 8.22. The molecule has 1 saturated heterocycles. The molecule has 0 saturated carbocycles. The van der Waals surface area contributed by atoms with Crippen LogP contribution in [0.3, 0.4) is 0 Å². The minimum absolute atomic E-state index is 0.0846.